The van der Waals surface area contributed by atoms with Crippen molar-refractivity contribution in [3.63, 3.8) is 0 Å². The van der Waals surface area contributed by atoms with Gasteiger partial charge in [-0.2, -0.15) is 0 Å². The minimum absolute atomic E-state index is 0.00331. The van der Waals surface area contributed by atoms with Crippen molar-refractivity contribution in [1.82, 2.24) is 4.98 Å². The minimum atomic E-state index is -0.497. The summed E-state index contributed by atoms with van der Waals surface area (Å²) >= 11 is 5.72. The monoisotopic (exact) mass is 326 g/mol. The molecule has 0 aliphatic carbocycles. The van der Waals surface area contributed by atoms with Crippen LogP contribution in [0.3, 0.4) is 0 Å². The highest BCUT2D eigenvalue weighted by molar-refractivity contribution is 6.31. The summed E-state index contributed by atoms with van der Waals surface area (Å²) in [6, 6.07) is 15.2. The summed E-state index contributed by atoms with van der Waals surface area (Å²) in [6.07, 6.45) is 3.09. The smallest absolute Gasteiger partial charge is 0.150 e. The molecule has 0 radical (unpaired) electrons. The zero-order chi connectivity index (χ0) is 16.2. The van der Waals surface area contributed by atoms with Crippen LogP contribution in [0.15, 0.2) is 65.8 Å². The summed E-state index contributed by atoms with van der Waals surface area (Å²) in [4.78, 5) is 8.42. The maximum absolute atomic E-state index is 13.1. The van der Waals surface area contributed by atoms with Gasteiger partial charge in [-0.25, -0.2) is 4.39 Å². The lowest BCUT2D eigenvalue weighted by Crippen LogP contribution is -1.90. The second-order valence-corrected chi connectivity index (χ2v) is 5.23. The SMILES string of the molecule is Oc1c(C=Nc2ccc(F)c(Cl)c2)ccnc1-c1ccccc1. The van der Waals surface area contributed by atoms with Crippen LogP contribution in [0, 0.1) is 5.82 Å². The largest absolute Gasteiger partial charge is 0.505 e. The van der Waals surface area contributed by atoms with Crippen LogP contribution >= 0.6 is 11.6 Å². The summed E-state index contributed by atoms with van der Waals surface area (Å²) in [5.41, 5.74) is 2.30. The van der Waals surface area contributed by atoms with Gasteiger partial charge in [-0.3, -0.25) is 9.98 Å². The van der Waals surface area contributed by atoms with Crippen LogP contribution in [0.5, 0.6) is 5.75 Å². The van der Waals surface area contributed by atoms with Crippen LogP contribution in [0.25, 0.3) is 11.3 Å². The first kappa shape index (κ1) is 15.2. The third-order valence-corrected chi connectivity index (χ3v) is 3.55. The van der Waals surface area contributed by atoms with E-state index in [2.05, 4.69) is 9.98 Å². The average Bonchev–Trinajstić information content (AvgIpc) is 2.58. The molecule has 3 aromatic rings. The standard InChI is InChI=1S/C18H12ClFN2O/c19-15-10-14(6-7-16(15)20)22-11-13-8-9-21-17(18(13)23)12-4-2-1-3-5-12/h1-11,23H. The van der Waals surface area contributed by atoms with E-state index >= 15 is 0 Å². The number of hydrogen-bond acceptors (Lipinski definition) is 3. The molecule has 3 nitrogen and oxygen atoms in total. The normalized spacial score (nSPS) is 11.0. The Kier molecular flexibility index (Phi) is 4.35. The number of nitrogens with zero attached hydrogens (tertiary/aromatic N) is 2. The number of aromatic hydroxyl groups is 1. The van der Waals surface area contributed by atoms with Crippen molar-refractivity contribution in [3.8, 4) is 17.0 Å². The number of rotatable bonds is 3. The molecule has 1 aromatic heterocycles. The van der Waals surface area contributed by atoms with Gasteiger partial charge in [0.15, 0.2) is 5.75 Å². The van der Waals surface area contributed by atoms with Crippen LogP contribution < -0.4 is 0 Å². The van der Waals surface area contributed by atoms with Crippen LogP contribution in [-0.2, 0) is 0 Å². The topological polar surface area (TPSA) is 45.5 Å². The van der Waals surface area contributed by atoms with Gasteiger partial charge < -0.3 is 5.11 Å². The summed E-state index contributed by atoms with van der Waals surface area (Å²) in [5.74, 6) is -0.459. The molecule has 1 heterocycles. The van der Waals surface area contributed by atoms with Crippen molar-refractivity contribution < 1.29 is 9.50 Å². The molecule has 0 atom stereocenters. The van der Waals surface area contributed by atoms with E-state index in [1.165, 1.54) is 24.4 Å². The number of aromatic nitrogens is 1. The zero-order valence-electron chi connectivity index (χ0n) is 11.9. The van der Waals surface area contributed by atoms with Gasteiger partial charge in [-0.05, 0) is 24.3 Å². The Morgan fingerprint density at radius 2 is 1.87 bits per heavy atom. The Bertz CT molecular complexity index is 866. The molecule has 1 N–H and O–H groups in total. The average molecular weight is 327 g/mol. The predicted molar refractivity (Wildman–Crippen MR) is 90.0 cm³/mol. The molecule has 5 heteroatoms. The maximum Gasteiger partial charge on any atom is 0.150 e. The van der Waals surface area contributed by atoms with Gasteiger partial charge in [0, 0.05) is 23.5 Å². The zero-order valence-corrected chi connectivity index (χ0v) is 12.7. The second-order valence-electron chi connectivity index (χ2n) is 4.82. The number of aliphatic imine (C=N–C) groups is 1. The van der Waals surface area contributed by atoms with E-state index in [9.17, 15) is 9.50 Å². The van der Waals surface area contributed by atoms with E-state index in [-0.39, 0.29) is 10.8 Å². The van der Waals surface area contributed by atoms with Gasteiger partial charge in [-0.1, -0.05) is 41.9 Å². The first-order valence-corrected chi connectivity index (χ1v) is 7.25. The van der Waals surface area contributed by atoms with E-state index in [4.69, 9.17) is 11.6 Å². The molecule has 0 aliphatic heterocycles. The molecule has 0 saturated heterocycles. The maximum atomic E-state index is 13.1. The van der Waals surface area contributed by atoms with E-state index in [0.29, 0.717) is 16.9 Å². The van der Waals surface area contributed by atoms with Crippen molar-refractivity contribution in [2.75, 3.05) is 0 Å². The molecule has 2 aromatic carbocycles. The number of pyridine rings is 1. The van der Waals surface area contributed by atoms with E-state index in [0.717, 1.165) is 5.56 Å². The lowest BCUT2D eigenvalue weighted by atomic mass is 10.1. The van der Waals surface area contributed by atoms with Gasteiger partial charge in [0.1, 0.15) is 11.5 Å². The highest BCUT2D eigenvalue weighted by Crippen LogP contribution is 2.29. The van der Waals surface area contributed by atoms with Crippen LogP contribution in [0.4, 0.5) is 10.1 Å². The fraction of sp³-hybridized carbons (Fsp3) is 0. The number of halogens is 2. The molecule has 0 fully saturated rings. The highest BCUT2D eigenvalue weighted by Gasteiger charge is 2.09. The number of hydrogen-bond donors (Lipinski definition) is 1. The minimum Gasteiger partial charge on any atom is -0.505 e. The molecule has 0 bridgehead atoms. The van der Waals surface area contributed by atoms with E-state index < -0.39 is 5.82 Å². The Labute approximate surface area is 137 Å². The molecule has 23 heavy (non-hydrogen) atoms. The molecule has 0 saturated carbocycles. The Morgan fingerprint density at radius 3 is 2.61 bits per heavy atom. The Morgan fingerprint density at radius 1 is 1.09 bits per heavy atom. The molecular formula is C18H12ClFN2O. The molecular weight excluding hydrogens is 315 g/mol. The fourth-order valence-electron chi connectivity index (χ4n) is 2.09. The van der Waals surface area contributed by atoms with Crippen molar-refractivity contribution in [2.24, 2.45) is 4.99 Å². The van der Waals surface area contributed by atoms with Gasteiger partial charge in [0.25, 0.3) is 0 Å². The molecule has 0 unspecified atom stereocenters. The third-order valence-electron chi connectivity index (χ3n) is 3.26. The van der Waals surface area contributed by atoms with Crippen molar-refractivity contribution in [2.45, 2.75) is 0 Å². The predicted octanol–water partition coefficient (Wildman–Crippen LogP) is 5.00. The Hall–Kier alpha value is -2.72. The van der Waals surface area contributed by atoms with Gasteiger partial charge >= 0.3 is 0 Å². The summed E-state index contributed by atoms with van der Waals surface area (Å²) in [6.45, 7) is 0. The van der Waals surface area contributed by atoms with Gasteiger partial charge in [0.05, 0.1) is 10.7 Å². The summed E-state index contributed by atoms with van der Waals surface area (Å²) in [7, 11) is 0. The van der Waals surface area contributed by atoms with E-state index in [1.807, 2.05) is 30.3 Å². The quantitative estimate of drug-likeness (QED) is 0.689. The molecule has 0 aliphatic rings. The summed E-state index contributed by atoms with van der Waals surface area (Å²) in [5, 5.41) is 10.4. The fourth-order valence-corrected chi connectivity index (χ4v) is 2.26. The molecule has 3 rings (SSSR count). The van der Waals surface area contributed by atoms with Crippen molar-refractivity contribution in [1.29, 1.82) is 0 Å². The number of benzene rings is 2. The molecule has 0 amide bonds. The van der Waals surface area contributed by atoms with Crippen LogP contribution in [0.1, 0.15) is 5.56 Å². The first-order chi connectivity index (χ1) is 11.1. The Balaban J connectivity index is 1.95. The van der Waals surface area contributed by atoms with Gasteiger partial charge in [-0.15, -0.1) is 0 Å². The van der Waals surface area contributed by atoms with Crippen LogP contribution in [-0.4, -0.2) is 16.3 Å². The molecule has 114 valence electrons. The van der Waals surface area contributed by atoms with E-state index in [1.54, 1.807) is 12.3 Å². The molecule has 0 spiro atoms. The third kappa shape index (κ3) is 3.38. The second kappa shape index (κ2) is 6.58. The van der Waals surface area contributed by atoms with Gasteiger partial charge in [0.2, 0.25) is 0 Å². The summed E-state index contributed by atoms with van der Waals surface area (Å²) < 4.78 is 13.1. The lowest BCUT2D eigenvalue weighted by molar-refractivity contribution is 0.474. The lowest BCUT2D eigenvalue weighted by Gasteiger charge is -2.06. The first-order valence-electron chi connectivity index (χ1n) is 6.87. The van der Waals surface area contributed by atoms with Crippen molar-refractivity contribution in [3.05, 3.63) is 77.2 Å². The van der Waals surface area contributed by atoms with Crippen LogP contribution in [0.2, 0.25) is 5.02 Å². The highest BCUT2D eigenvalue weighted by atomic mass is 35.5. The van der Waals surface area contributed by atoms with Crippen molar-refractivity contribution >= 4 is 23.5 Å².